The van der Waals surface area contributed by atoms with Crippen LogP contribution in [0.4, 0.5) is 0 Å². The van der Waals surface area contributed by atoms with Crippen molar-refractivity contribution >= 4 is 31.0 Å². The third-order valence-corrected chi connectivity index (χ3v) is 8.38. The molecule has 0 amide bonds. The number of methoxy groups -OCH3 is 1. The van der Waals surface area contributed by atoms with Crippen LogP contribution in [-0.4, -0.2) is 34.7 Å². The Kier molecular flexibility index (Phi) is 7.00. The zero-order valence-electron chi connectivity index (χ0n) is 19.5. The summed E-state index contributed by atoms with van der Waals surface area (Å²) in [5, 5.41) is 0.530. The third kappa shape index (κ3) is 5.25. The molecule has 0 atom stereocenters. The van der Waals surface area contributed by atoms with Crippen molar-refractivity contribution in [3.05, 3.63) is 89.6 Å². The third-order valence-electron chi connectivity index (χ3n) is 5.39. The van der Waals surface area contributed by atoms with Crippen LogP contribution in [0.15, 0.2) is 82.7 Å². The van der Waals surface area contributed by atoms with E-state index in [2.05, 4.69) is 0 Å². The molecule has 184 valence electrons. The Morgan fingerprint density at radius 2 is 1.40 bits per heavy atom. The SMILES string of the molecule is COCOc1cc(COS(=O)(=O)c2ccc(C)cc2)cc2c1ccn2S(=O)(=O)c1ccc(C)cc1. The molecule has 0 aliphatic heterocycles. The van der Waals surface area contributed by atoms with E-state index in [1.165, 1.54) is 25.4 Å². The summed E-state index contributed by atoms with van der Waals surface area (Å²) in [6.45, 7) is 3.34. The molecule has 8 nitrogen and oxygen atoms in total. The van der Waals surface area contributed by atoms with Crippen LogP contribution < -0.4 is 4.74 Å². The number of hydrogen-bond acceptors (Lipinski definition) is 7. The van der Waals surface area contributed by atoms with E-state index in [-0.39, 0.29) is 23.2 Å². The number of ether oxygens (including phenoxy) is 2. The fourth-order valence-electron chi connectivity index (χ4n) is 3.52. The fraction of sp³-hybridized carbons (Fsp3) is 0.200. The largest absolute Gasteiger partial charge is 0.467 e. The molecule has 0 fully saturated rings. The molecule has 0 unspecified atom stereocenters. The highest BCUT2D eigenvalue weighted by molar-refractivity contribution is 7.90. The maximum atomic E-state index is 13.4. The van der Waals surface area contributed by atoms with E-state index in [0.29, 0.717) is 22.2 Å². The van der Waals surface area contributed by atoms with Gasteiger partial charge in [-0.15, -0.1) is 0 Å². The van der Waals surface area contributed by atoms with E-state index in [1.54, 1.807) is 54.6 Å². The summed E-state index contributed by atoms with van der Waals surface area (Å²) < 4.78 is 69.1. The molecular weight excluding hydrogens is 490 g/mol. The summed E-state index contributed by atoms with van der Waals surface area (Å²) in [5.41, 5.74) is 2.60. The van der Waals surface area contributed by atoms with Crippen molar-refractivity contribution in [1.29, 1.82) is 0 Å². The van der Waals surface area contributed by atoms with Gasteiger partial charge >= 0.3 is 0 Å². The lowest BCUT2D eigenvalue weighted by atomic mass is 10.1. The highest BCUT2D eigenvalue weighted by atomic mass is 32.2. The summed E-state index contributed by atoms with van der Waals surface area (Å²) in [4.78, 5) is 0.161. The van der Waals surface area contributed by atoms with Crippen molar-refractivity contribution in [3.63, 3.8) is 0 Å². The van der Waals surface area contributed by atoms with Gasteiger partial charge in [-0.1, -0.05) is 35.4 Å². The fourth-order valence-corrected chi connectivity index (χ4v) is 5.75. The average Bonchev–Trinajstić information content (AvgIpc) is 3.27. The number of nitrogens with zero attached hydrogens (tertiary/aromatic N) is 1. The van der Waals surface area contributed by atoms with Gasteiger partial charge in [0.1, 0.15) is 5.75 Å². The molecule has 0 bridgehead atoms. The average molecular weight is 516 g/mol. The quantitative estimate of drug-likeness (QED) is 0.241. The van der Waals surface area contributed by atoms with Crippen LogP contribution in [0.2, 0.25) is 0 Å². The van der Waals surface area contributed by atoms with Gasteiger partial charge in [0.2, 0.25) is 0 Å². The second-order valence-electron chi connectivity index (χ2n) is 8.04. The van der Waals surface area contributed by atoms with Crippen LogP contribution in [0, 0.1) is 13.8 Å². The van der Waals surface area contributed by atoms with Gasteiger partial charge in [-0.05, 0) is 61.9 Å². The molecule has 4 aromatic rings. The summed E-state index contributed by atoms with van der Waals surface area (Å²) in [7, 11) is -6.47. The molecule has 3 aromatic carbocycles. The second-order valence-corrected chi connectivity index (χ2v) is 11.5. The van der Waals surface area contributed by atoms with Gasteiger partial charge in [0.05, 0.1) is 21.9 Å². The minimum Gasteiger partial charge on any atom is -0.467 e. The van der Waals surface area contributed by atoms with Crippen LogP contribution >= 0.6 is 0 Å². The predicted octanol–water partition coefficient (Wildman–Crippen LogP) is 4.38. The summed E-state index contributed by atoms with van der Waals surface area (Å²) in [6.07, 6.45) is 1.44. The summed E-state index contributed by atoms with van der Waals surface area (Å²) >= 11 is 0. The Morgan fingerprint density at radius 1 is 0.800 bits per heavy atom. The smallest absolute Gasteiger partial charge is 0.297 e. The normalized spacial score (nSPS) is 12.2. The molecule has 1 aromatic heterocycles. The standard InChI is InChI=1S/C25H25NO7S2/c1-18-4-8-21(9-5-18)34(27,28)26-13-12-23-24(26)14-20(15-25(23)32-17-31-3)16-33-35(29,30)22-10-6-19(2)7-11-22/h4-15H,16-17H2,1-3H3. The van der Waals surface area contributed by atoms with Gasteiger partial charge in [-0.2, -0.15) is 8.42 Å². The van der Waals surface area contributed by atoms with Crippen LogP contribution in [-0.2, 0) is 35.7 Å². The van der Waals surface area contributed by atoms with Crippen molar-refractivity contribution in [2.75, 3.05) is 13.9 Å². The first-order valence-electron chi connectivity index (χ1n) is 10.7. The van der Waals surface area contributed by atoms with Crippen LogP contribution in [0.5, 0.6) is 5.75 Å². The van der Waals surface area contributed by atoms with E-state index in [1.807, 2.05) is 13.8 Å². The molecule has 0 spiro atoms. The Balaban J connectivity index is 1.74. The monoisotopic (exact) mass is 515 g/mol. The van der Waals surface area contributed by atoms with Gasteiger partial charge < -0.3 is 9.47 Å². The van der Waals surface area contributed by atoms with Crippen molar-refractivity contribution in [2.24, 2.45) is 0 Å². The second kappa shape index (κ2) is 9.82. The zero-order valence-corrected chi connectivity index (χ0v) is 21.1. The minimum atomic E-state index is -4.02. The van der Waals surface area contributed by atoms with Crippen molar-refractivity contribution in [3.8, 4) is 5.75 Å². The maximum Gasteiger partial charge on any atom is 0.297 e. The van der Waals surface area contributed by atoms with Crippen molar-refractivity contribution in [2.45, 2.75) is 30.2 Å². The van der Waals surface area contributed by atoms with Crippen molar-refractivity contribution < 1.29 is 30.5 Å². The highest BCUT2D eigenvalue weighted by Crippen LogP contribution is 2.32. The van der Waals surface area contributed by atoms with E-state index >= 15 is 0 Å². The summed E-state index contributed by atoms with van der Waals surface area (Å²) in [5.74, 6) is 0.341. The predicted molar refractivity (Wildman–Crippen MR) is 131 cm³/mol. The minimum absolute atomic E-state index is 0.0327. The first-order valence-corrected chi connectivity index (χ1v) is 13.5. The highest BCUT2D eigenvalue weighted by Gasteiger charge is 2.22. The molecule has 10 heteroatoms. The molecule has 0 aliphatic carbocycles. The van der Waals surface area contributed by atoms with E-state index in [0.717, 1.165) is 15.1 Å². The van der Waals surface area contributed by atoms with Gasteiger partial charge in [0.25, 0.3) is 20.1 Å². The first kappa shape index (κ1) is 24.9. The number of hydrogen-bond donors (Lipinski definition) is 0. The Bertz CT molecular complexity index is 1550. The van der Waals surface area contributed by atoms with Gasteiger partial charge in [-0.25, -0.2) is 12.4 Å². The lowest BCUT2D eigenvalue weighted by molar-refractivity contribution is 0.0521. The van der Waals surface area contributed by atoms with Crippen LogP contribution in [0.25, 0.3) is 10.9 Å². The van der Waals surface area contributed by atoms with E-state index in [9.17, 15) is 16.8 Å². The lowest BCUT2D eigenvalue weighted by Gasteiger charge is -2.13. The Labute approximate surface area is 204 Å². The zero-order chi connectivity index (χ0) is 25.2. The van der Waals surface area contributed by atoms with E-state index in [4.69, 9.17) is 13.7 Å². The molecule has 0 radical (unpaired) electrons. The van der Waals surface area contributed by atoms with Gasteiger partial charge in [0, 0.05) is 18.7 Å². The first-order chi connectivity index (χ1) is 16.6. The number of aryl methyl sites for hydroxylation is 2. The molecule has 35 heavy (non-hydrogen) atoms. The molecule has 1 heterocycles. The molecule has 0 aliphatic rings. The summed E-state index contributed by atoms with van der Waals surface area (Å²) in [6, 6.07) is 17.6. The van der Waals surface area contributed by atoms with Crippen LogP contribution in [0.3, 0.4) is 0 Å². The van der Waals surface area contributed by atoms with Gasteiger partial charge in [0.15, 0.2) is 6.79 Å². The molecule has 4 rings (SSSR count). The molecule has 0 saturated carbocycles. The van der Waals surface area contributed by atoms with Crippen LogP contribution in [0.1, 0.15) is 16.7 Å². The van der Waals surface area contributed by atoms with E-state index < -0.39 is 20.1 Å². The lowest BCUT2D eigenvalue weighted by Crippen LogP contribution is -2.12. The van der Waals surface area contributed by atoms with Crippen molar-refractivity contribution in [1.82, 2.24) is 3.97 Å². The molecule has 0 N–H and O–H groups in total. The topological polar surface area (TPSA) is 101 Å². The molecule has 0 saturated heterocycles. The number of aromatic nitrogens is 1. The molecular formula is C25H25NO7S2. The number of rotatable bonds is 9. The van der Waals surface area contributed by atoms with Gasteiger partial charge in [-0.3, -0.25) is 4.18 Å². The maximum absolute atomic E-state index is 13.4. The number of fused-ring (bicyclic) bond motifs is 1. The Hall–Kier alpha value is -3.18. The Morgan fingerprint density at radius 3 is 2.00 bits per heavy atom. The number of benzene rings is 3.